The molecule has 0 aliphatic rings. The Morgan fingerprint density at radius 1 is 1.30 bits per heavy atom. The van der Waals surface area contributed by atoms with E-state index in [1.54, 1.807) is 6.20 Å². The molecule has 0 fully saturated rings. The molecule has 0 amide bonds. The molecule has 0 saturated heterocycles. The van der Waals surface area contributed by atoms with Crippen molar-refractivity contribution in [1.82, 2.24) is 9.55 Å². The molecule has 0 spiro atoms. The summed E-state index contributed by atoms with van der Waals surface area (Å²) >= 11 is 0. The monoisotopic (exact) mass is 275 g/mol. The summed E-state index contributed by atoms with van der Waals surface area (Å²) in [5, 5.41) is 0. The van der Waals surface area contributed by atoms with E-state index in [9.17, 15) is 0 Å². The molecule has 5 heteroatoms. The van der Waals surface area contributed by atoms with E-state index < -0.39 is 0 Å². The van der Waals surface area contributed by atoms with Crippen LogP contribution in [0.15, 0.2) is 30.6 Å². The fraction of sp³-hybridized carbons (Fsp3) is 0.400. The number of rotatable bonds is 7. The highest BCUT2D eigenvalue weighted by Crippen LogP contribution is 2.25. The Bertz CT molecular complexity index is 552. The zero-order chi connectivity index (χ0) is 14.4. The van der Waals surface area contributed by atoms with Gasteiger partial charge >= 0.3 is 0 Å². The first-order valence-corrected chi connectivity index (χ1v) is 6.79. The molecule has 0 aliphatic carbocycles. The van der Waals surface area contributed by atoms with Gasteiger partial charge in [0, 0.05) is 37.6 Å². The topological polar surface area (TPSA) is 62.3 Å². The van der Waals surface area contributed by atoms with Crippen LogP contribution in [0.25, 0.3) is 0 Å². The van der Waals surface area contributed by atoms with Gasteiger partial charge in [0.25, 0.3) is 0 Å². The fourth-order valence-corrected chi connectivity index (χ4v) is 1.83. The Kier molecular flexibility index (Phi) is 5.01. The Labute approximate surface area is 119 Å². The number of nitrogens with two attached hydrogens (primary N) is 1. The lowest BCUT2D eigenvalue weighted by Gasteiger charge is -2.13. The minimum Gasteiger partial charge on any atom is -0.493 e. The van der Waals surface area contributed by atoms with Crippen LogP contribution in [-0.2, 0) is 20.2 Å². The molecule has 2 aromatic rings. The van der Waals surface area contributed by atoms with Gasteiger partial charge in [0.1, 0.15) is 23.9 Å². The van der Waals surface area contributed by atoms with Gasteiger partial charge in [0.2, 0.25) is 0 Å². The molecular weight excluding hydrogens is 254 g/mol. The molecule has 0 saturated carbocycles. The number of hydrogen-bond donors (Lipinski definition) is 1. The van der Waals surface area contributed by atoms with E-state index in [-0.39, 0.29) is 0 Å². The molecular formula is C15H21N3O2. The third-order valence-electron chi connectivity index (χ3n) is 3.01. The van der Waals surface area contributed by atoms with Crippen molar-refractivity contribution in [1.29, 1.82) is 0 Å². The predicted molar refractivity (Wildman–Crippen MR) is 77.7 cm³/mol. The van der Waals surface area contributed by atoms with E-state index in [4.69, 9.17) is 15.2 Å². The standard InChI is InChI=1S/C15H21N3O2/c1-3-8-19-13-5-4-12(10-16)14(9-13)20-11-15-17-6-7-18(15)2/h4-7,9H,3,8,10-11,16H2,1-2H3. The van der Waals surface area contributed by atoms with E-state index >= 15 is 0 Å². The van der Waals surface area contributed by atoms with Crippen LogP contribution in [0.1, 0.15) is 24.7 Å². The van der Waals surface area contributed by atoms with Gasteiger partial charge in [0.15, 0.2) is 0 Å². The maximum Gasteiger partial charge on any atom is 0.146 e. The Morgan fingerprint density at radius 3 is 2.80 bits per heavy atom. The fourth-order valence-electron chi connectivity index (χ4n) is 1.83. The largest absolute Gasteiger partial charge is 0.493 e. The number of aromatic nitrogens is 2. The van der Waals surface area contributed by atoms with Crippen LogP contribution in [-0.4, -0.2) is 16.2 Å². The lowest BCUT2D eigenvalue weighted by atomic mass is 10.2. The van der Waals surface area contributed by atoms with Gasteiger partial charge in [-0.25, -0.2) is 4.98 Å². The van der Waals surface area contributed by atoms with Crippen molar-refractivity contribution in [3.8, 4) is 11.5 Å². The quantitative estimate of drug-likeness (QED) is 0.842. The van der Waals surface area contributed by atoms with Crippen LogP contribution in [0.2, 0.25) is 0 Å². The number of hydrogen-bond acceptors (Lipinski definition) is 4. The number of imidazole rings is 1. The number of aryl methyl sites for hydroxylation is 1. The van der Waals surface area contributed by atoms with Gasteiger partial charge in [-0.3, -0.25) is 0 Å². The maximum absolute atomic E-state index is 5.83. The van der Waals surface area contributed by atoms with E-state index in [0.29, 0.717) is 19.8 Å². The van der Waals surface area contributed by atoms with E-state index in [2.05, 4.69) is 11.9 Å². The summed E-state index contributed by atoms with van der Waals surface area (Å²) in [5.74, 6) is 2.43. The highest BCUT2D eigenvalue weighted by atomic mass is 16.5. The molecule has 20 heavy (non-hydrogen) atoms. The number of ether oxygens (including phenoxy) is 2. The average Bonchev–Trinajstić information content (AvgIpc) is 2.88. The van der Waals surface area contributed by atoms with Crippen LogP contribution in [0, 0.1) is 0 Å². The zero-order valence-electron chi connectivity index (χ0n) is 12.0. The molecule has 2 rings (SSSR count). The highest BCUT2D eigenvalue weighted by molar-refractivity contribution is 5.40. The van der Waals surface area contributed by atoms with Crippen LogP contribution in [0.5, 0.6) is 11.5 Å². The van der Waals surface area contributed by atoms with Gasteiger partial charge in [-0.15, -0.1) is 0 Å². The molecule has 0 bridgehead atoms. The second-order valence-electron chi connectivity index (χ2n) is 4.57. The van der Waals surface area contributed by atoms with Gasteiger partial charge < -0.3 is 19.8 Å². The van der Waals surface area contributed by atoms with Gasteiger partial charge in [0.05, 0.1) is 6.61 Å². The third-order valence-corrected chi connectivity index (χ3v) is 3.01. The minimum atomic E-state index is 0.410. The SMILES string of the molecule is CCCOc1ccc(CN)c(OCc2nccn2C)c1. The van der Waals surface area contributed by atoms with Crippen LogP contribution in [0.4, 0.5) is 0 Å². The lowest BCUT2D eigenvalue weighted by Crippen LogP contribution is -2.06. The van der Waals surface area contributed by atoms with Crippen LogP contribution in [0.3, 0.4) is 0 Å². The Morgan fingerprint density at radius 2 is 2.15 bits per heavy atom. The number of nitrogens with zero attached hydrogens (tertiary/aromatic N) is 2. The van der Waals surface area contributed by atoms with E-state index in [1.165, 1.54) is 0 Å². The highest BCUT2D eigenvalue weighted by Gasteiger charge is 2.07. The summed E-state index contributed by atoms with van der Waals surface area (Å²) in [4.78, 5) is 4.23. The minimum absolute atomic E-state index is 0.410. The van der Waals surface area contributed by atoms with Crippen molar-refractivity contribution in [3.05, 3.63) is 42.0 Å². The Balaban J connectivity index is 2.09. The smallest absolute Gasteiger partial charge is 0.146 e. The summed E-state index contributed by atoms with van der Waals surface area (Å²) in [6, 6.07) is 5.75. The van der Waals surface area contributed by atoms with Crippen molar-refractivity contribution in [3.63, 3.8) is 0 Å². The molecule has 1 aromatic carbocycles. The van der Waals surface area contributed by atoms with Gasteiger partial charge in [-0.05, 0) is 12.5 Å². The Hall–Kier alpha value is -2.01. The molecule has 0 radical (unpaired) electrons. The molecule has 0 atom stereocenters. The molecule has 1 aromatic heterocycles. The molecule has 1 heterocycles. The average molecular weight is 275 g/mol. The van der Waals surface area contributed by atoms with Crippen LogP contribution >= 0.6 is 0 Å². The molecule has 108 valence electrons. The van der Waals surface area contributed by atoms with Crippen molar-refractivity contribution in [2.24, 2.45) is 12.8 Å². The van der Waals surface area contributed by atoms with Crippen molar-refractivity contribution in [2.45, 2.75) is 26.5 Å². The van der Waals surface area contributed by atoms with Crippen molar-refractivity contribution < 1.29 is 9.47 Å². The predicted octanol–water partition coefficient (Wildman–Crippen LogP) is 2.25. The summed E-state index contributed by atoms with van der Waals surface area (Å²) < 4.78 is 13.4. The zero-order valence-corrected chi connectivity index (χ0v) is 12.0. The van der Waals surface area contributed by atoms with Gasteiger partial charge in [-0.2, -0.15) is 0 Å². The molecule has 5 nitrogen and oxygen atoms in total. The van der Waals surface area contributed by atoms with Crippen molar-refractivity contribution in [2.75, 3.05) is 6.61 Å². The second kappa shape index (κ2) is 6.96. The van der Waals surface area contributed by atoms with Crippen molar-refractivity contribution >= 4 is 0 Å². The maximum atomic E-state index is 5.83. The summed E-state index contributed by atoms with van der Waals surface area (Å²) in [7, 11) is 1.94. The third kappa shape index (κ3) is 3.51. The molecule has 0 aliphatic heterocycles. The normalized spacial score (nSPS) is 10.6. The molecule has 0 unspecified atom stereocenters. The van der Waals surface area contributed by atoms with Gasteiger partial charge in [-0.1, -0.05) is 13.0 Å². The summed E-state index contributed by atoms with van der Waals surface area (Å²) in [6.45, 7) is 3.62. The van der Waals surface area contributed by atoms with Crippen LogP contribution < -0.4 is 15.2 Å². The summed E-state index contributed by atoms with van der Waals surface area (Å²) in [6.07, 6.45) is 4.62. The lowest BCUT2D eigenvalue weighted by molar-refractivity contribution is 0.282. The second-order valence-corrected chi connectivity index (χ2v) is 4.57. The number of benzene rings is 1. The first-order chi connectivity index (χ1) is 9.74. The first kappa shape index (κ1) is 14.4. The first-order valence-electron chi connectivity index (χ1n) is 6.79. The van der Waals surface area contributed by atoms with E-state index in [1.807, 2.05) is 36.0 Å². The molecule has 2 N–H and O–H groups in total. The summed E-state index contributed by atoms with van der Waals surface area (Å²) in [5.41, 5.74) is 6.70. The van der Waals surface area contributed by atoms with E-state index in [0.717, 1.165) is 29.3 Å².